The number of halogens is 5. The largest absolute Gasteiger partial charge is 0.418 e. The molecule has 0 bridgehead atoms. The smallest absolute Gasteiger partial charge is 0.278 e. The molecular weight excluding hydrogens is 291 g/mol. The van der Waals surface area contributed by atoms with Gasteiger partial charge in [0, 0.05) is 0 Å². The summed E-state index contributed by atoms with van der Waals surface area (Å²) in [5, 5.41) is 3.45. The maximum Gasteiger partial charge on any atom is 0.418 e. The fraction of sp³-hybridized carbons (Fsp3) is 0.0714. The highest BCUT2D eigenvalue weighted by Gasteiger charge is 2.33. The molecule has 0 aliphatic heterocycles. The predicted molar refractivity (Wildman–Crippen MR) is 69.0 cm³/mol. The third-order valence-electron chi connectivity index (χ3n) is 2.61. The number of hydrogen-bond acceptors (Lipinski definition) is 2. The second-order valence-electron chi connectivity index (χ2n) is 4.05. The molecule has 2 aromatic carbocycles. The quantitative estimate of drug-likeness (QED) is 0.506. The first-order valence-electron chi connectivity index (χ1n) is 5.79. The summed E-state index contributed by atoms with van der Waals surface area (Å²) in [5.74, 6) is -1.71. The van der Waals surface area contributed by atoms with Crippen molar-refractivity contribution in [3.8, 4) is 0 Å². The van der Waals surface area contributed by atoms with E-state index < -0.39 is 28.9 Å². The first-order chi connectivity index (χ1) is 9.89. The number of anilines is 1. The van der Waals surface area contributed by atoms with Crippen LogP contribution in [0.15, 0.2) is 47.6 Å². The average molecular weight is 300 g/mol. The molecule has 0 atom stereocenters. The molecule has 110 valence electrons. The van der Waals surface area contributed by atoms with Gasteiger partial charge < -0.3 is 0 Å². The molecule has 0 amide bonds. The van der Waals surface area contributed by atoms with Gasteiger partial charge in [0.1, 0.15) is 11.6 Å². The van der Waals surface area contributed by atoms with Crippen LogP contribution in [0.1, 0.15) is 11.1 Å². The van der Waals surface area contributed by atoms with Crippen molar-refractivity contribution in [1.29, 1.82) is 0 Å². The number of rotatable bonds is 3. The predicted octanol–water partition coefficient (Wildman–Crippen LogP) is 4.43. The molecule has 0 spiro atoms. The summed E-state index contributed by atoms with van der Waals surface area (Å²) < 4.78 is 64.8. The van der Waals surface area contributed by atoms with Crippen LogP contribution in [0.2, 0.25) is 0 Å². The Morgan fingerprint density at radius 2 is 1.52 bits per heavy atom. The molecule has 2 rings (SSSR count). The fourth-order valence-electron chi connectivity index (χ4n) is 1.63. The lowest BCUT2D eigenvalue weighted by atomic mass is 10.2. The molecule has 0 unspecified atom stereocenters. The zero-order chi connectivity index (χ0) is 15.5. The molecule has 0 radical (unpaired) electrons. The van der Waals surface area contributed by atoms with Crippen molar-refractivity contribution >= 4 is 11.9 Å². The van der Waals surface area contributed by atoms with E-state index in [2.05, 4.69) is 10.5 Å². The zero-order valence-corrected chi connectivity index (χ0v) is 10.5. The molecule has 0 heterocycles. The summed E-state index contributed by atoms with van der Waals surface area (Å²) in [6.07, 6.45) is -3.76. The first kappa shape index (κ1) is 15.0. The Hall–Kier alpha value is -2.44. The van der Waals surface area contributed by atoms with E-state index in [1.165, 1.54) is 18.2 Å². The van der Waals surface area contributed by atoms with Crippen LogP contribution in [-0.2, 0) is 6.18 Å². The summed E-state index contributed by atoms with van der Waals surface area (Å²) in [5.41, 5.74) is 0.476. The normalized spacial score (nSPS) is 11.9. The summed E-state index contributed by atoms with van der Waals surface area (Å²) in [6.45, 7) is 0. The minimum absolute atomic E-state index is 0.307. The Kier molecular flexibility index (Phi) is 4.21. The van der Waals surface area contributed by atoms with Crippen LogP contribution in [-0.4, -0.2) is 6.21 Å². The topological polar surface area (TPSA) is 24.4 Å². The van der Waals surface area contributed by atoms with Crippen molar-refractivity contribution in [2.75, 3.05) is 5.43 Å². The van der Waals surface area contributed by atoms with Gasteiger partial charge in [0.05, 0.1) is 23.0 Å². The summed E-state index contributed by atoms with van der Waals surface area (Å²) in [6, 6.07) is 7.88. The van der Waals surface area contributed by atoms with Gasteiger partial charge in [0.2, 0.25) is 0 Å². The minimum Gasteiger partial charge on any atom is -0.278 e. The van der Waals surface area contributed by atoms with E-state index in [0.29, 0.717) is 0 Å². The van der Waals surface area contributed by atoms with E-state index in [1.54, 1.807) is 0 Å². The highest BCUT2D eigenvalue weighted by Crippen LogP contribution is 2.34. The average Bonchev–Trinajstić information content (AvgIpc) is 2.41. The molecule has 1 N–H and O–H groups in total. The van der Waals surface area contributed by atoms with Crippen molar-refractivity contribution in [2.45, 2.75) is 6.18 Å². The fourth-order valence-corrected chi connectivity index (χ4v) is 1.63. The van der Waals surface area contributed by atoms with Gasteiger partial charge in [-0.05, 0) is 24.3 Å². The number of nitrogens with zero attached hydrogens (tertiary/aromatic N) is 1. The van der Waals surface area contributed by atoms with Gasteiger partial charge in [0.15, 0.2) is 0 Å². The van der Waals surface area contributed by atoms with Crippen molar-refractivity contribution in [1.82, 2.24) is 0 Å². The third-order valence-corrected chi connectivity index (χ3v) is 2.61. The molecule has 21 heavy (non-hydrogen) atoms. The summed E-state index contributed by atoms with van der Waals surface area (Å²) >= 11 is 0. The highest BCUT2D eigenvalue weighted by molar-refractivity contribution is 5.81. The monoisotopic (exact) mass is 300 g/mol. The number of nitrogens with one attached hydrogen (secondary N) is 1. The van der Waals surface area contributed by atoms with E-state index in [1.807, 2.05) is 0 Å². The van der Waals surface area contributed by atoms with E-state index in [4.69, 9.17) is 0 Å². The number of hydrogen-bond donors (Lipinski definition) is 1. The lowest BCUT2D eigenvalue weighted by molar-refractivity contribution is -0.136. The van der Waals surface area contributed by atoms with Gasteiger partial charge in [0.25, 0.3) is 0 Å². The van der Waals surface area contributed by atoms with Gasteiger partial charge >= 0.3 is 6.18 Å². The molecule has 0 saturated heterocycles. The Bertz CT molecular complexity index is 644. The highest BCUT2D eigenvalue weighted by atomic mass is 19.4. The van der Waals surface area contributed by atoms with Crippen molar-refractivity contribution in [3.05, 3.63) is 65.2 Å². The van der Waals surface area contributed by atoms with Crippen molar-refractivity contribution in [2.24, 2.45) is 5.10 Å². The lowest BCUT2D eigenvalue weighted by Crippen LogP contribution is -2.08. The van der Waals surface area contributed by atoms with Crippen molar-refractivity contribution < 1.29 is 22.0 Å². The van der Waals surface area contributed by atoms with E-state index >= 15 is 0 Å². The molecule has 7 heteroatoms. The molecule has 0 aliphatic carbocycles. The Morgan fingerprint density at radius 1 is 0.905 bits per heavy atom. The summed E-state index contributed by atoms with van der Waals surface area (Å²) in [7, 11) is 0. The maximum atomic E-state index is 13.3. The van der Waals surface area contributed by atoms with Crippen LogP contribution < -0.4 is 5.43 Å². The van der Waals surface area contributed by atoms with Gasteiger partial charge in [-0.15, -0.1) is 0 Å². The number of hydrazone groups is 1. The SMILES string of the molecule is Fc1cccc(F)c1/C=N\Nc1ccccc1C(F)(F)F. The van der Waals surface area contributed by atoms with Gasteiger partial charge in [-0.3, -0.25) is 5.43 Å². The number of alkyl halides is 3. The number of benzene rings is 2. The Balaban J connectivity index is 2.23. The lowest BCUT2D eigenvalue weighted by Gasteiger charge is -2.11. The van der Waals surface area contributed by atoms with E-state index in [-0.39, 0.29) is 5.69 Å². The molecule has 2 nitrogen and oxygen atoms in total. The van der Waals surface area contributed by atoms with Crippen LogP contribution in [0.5, 0.6) is 0 Å². The summed E-state index contributed by atoms with van der Waals surface area (Å²) in [4.78, 5) is 0. The van der Waals surface area contributed by atoms with Crippen LogP contribution in [0.25, 0.3) is 0 Å². The Morgan fingerprint density at radius 3 is 2.14 bits per heavy atom. The molecule has 0 fully saturated rings. The molecule has 0 aromatic heterocycles. The molecule has 2 aromatic rings. The van der Waals surface area contributed by atoms with E-state index in [9.17, 15) is 22.0 Å². The standard InChI is InChI=1S/C14H9F5N2/c15-11-5-3-6-12(16)9(11)8-20-21-13-7-2-1-4-10(13)14(17,18)19/h1-8,21H/b20-8-. The zero-order valence-electron chi connectivity index (χ0n) is 10.5. The van der Waals surface area contributed by atoms with Gasteiger partial charge in [-0.2, -0.15) is 18.3 Å². The van der Waals surface area contributed by atoms with Crippen molar-refractivity contribution in [3.63, 3.8) is 0 Å². The maximum absolute atomic E-state index is 13.3. The number of para-hydroxylation sites is 1. The molecular formula is C14H9F5N2. The van der Waals surface area contributed by atoms with Crippen LogP contribution >= 0.6 is 0 Å². The van der Waals surface area contributed by atoms with Crippen LogP contribution in [0.3, 0.4) is 0 Å². The molecule has 0 saturated carbocycles. The second-order valence-corrected chi connectivity index (χ2v) is 4.05. The second kappa shape index (κ2) is 5.90. The Labute approximate surface area is 116 Å². The first-order valence-corrected chi connectivity index (χ1v) is 5.79. The van der Waals surface area contributed by atoms with Crippen LogP contribution in [0.4, 0.5) is 27.6 Å². The van der Waals surface area contributed by atoms with Gasteiger partial charge in [-0.25, -0.2) is 8.78 Å². The van der Waals surface area contributed by atoms with Crippen LogP contribution in [0, 0.1) is 11.6 Å². The minimum atomic E-state index is -4.55. The third kappa shape index (κ3) is 3.56. The molecule has 0 aliphatic rings. The van der Waals surface area contributed by atoms with Gasteiger partial charge in [-0.1, -0.05) is 18.2 Å². The van der Waals surface area contributed by atoms with E-state index in [0.717, 1.165) is 30.5 Å².